The van der Waals surface area contributed by atoms with Gasteiger partial charge < -0.3 is 4.98 Å². The number of amidine groups is 1. The number of benzene rings is 2. The Labute approximate surface area is 212 Å². The molecular weight excluding hydrogens is 458 g/mol. The van der Waals surface area contributed by atoms with E-state index < -0.39 is 0 Å². The van der Waals surface area contributed by atoms with Crippen molar-refractivity contribution in [1.29, 1.82) is 0 Å². The number of anilines is 1. The Morgan fingerprint density at radius 1 is 1.00 bits per heavy atom. The number of hydrogen-bond donors (Lipinski definition) is 1. The Bertz CT molecular complexity index is 1160. The van der Waals surface area contributed by atoms with Gasteiger partial charge in [-0.15, -0.1) is 12.4 Å². The van der Waals surface area contributed by atoms with Crippen molar-refractivity contribution in [2.75, 3.05) is 18.0 Å². The lowest BCUT2D eigenvalue weighted by Crippen LogP contribution is -2.50. The largest absolute Gasteiger partial charge is 0.337 e. The Balaban J connectivity index is 0.00000253. The van der Waals surface area contributed by atoms with E-state index >= 15 is 0 Å². The highest BCUT2D eigenvalue weighted by molar-refractivity contribution is 6.18. The van der Waals surface area contributed by atoms with Crippen LogP contribution >= 0.6 is 12.4 Å². The van der Waals surface area contributed by atoms with Gasteiger partial charge in [0, 0.05) is 18.4 Å². The number of amides is 2. The van der Waals surface area contributed by atoms with Crippen LogP contribution in [0.25, 0.3) is 0 Å². The summed E-state index contributed by atoms with van der Waals surface area (Å²) in [5.74, 6) is 3.07. The summed E-state index contributed by atoms with van der Waals surface area (Å²) in [6.45, 7) is 3.34. The van der Waals surface area contributed by atoms with E-state index in [1.165, 1.54) is 24.0 Å². The van der Waals surface area contributed by atoms with Gasteiger partial charge in [-0.2, -0.15) is 0 Å². The minimum Gasteiger partial charge on any atom is -0.337 e. The van der Waals surface area contributed by atoms with E-state index in [2.05, 4.69) is 60.4 Å². The monoisotopic (exact) mass is 489 g/mol. The molecule has 0 saturated heterocycles. The fourth-order valence-electron chi connectivity index (χ4n) is 5.83. The molecule has 182 valence electrons. The highest BCUT2D eigenvalue weighted by Gasteiger charge is 2.44. The number of H-pyrrole nitrogens is 1. The average molecular weight is 490 g/mol. The molecule has 35 heavy (non-hydrogen) atoms. The molecule has 0 spiro atoms. The molecule has 1 N–H and O–H groups in total. The molecule has 3 aromatic rings. The van der Waals surface area contributed by atoms with E-state index in [1.54, 1.807) is 0 Å². The Morgan fingerprint density at radius 3 is 2.23 bits per heavy atom. The lowest BCUT2D eigenvalue weighted by Gasteiger charge is -2.32. The lowest BCUT2D eigenvalue weighted by molar-refractivity contribution is 0.226. The minimum atomic E-state index is -0.0589. The van der Waals surface area contributed by atoms with Gasteiger partial charge in [0.25, 0.3) is 0 Å². The van der Waals surface area contributed by atoms with Gasteiger partial charge in [-0.3, -0.25) is 14.8 Å². The summed E-state index contributed by atoms with van der Waals surface area (Å²) in [5, 5.41) is 0. The van der Waals surface area contributed by atoms with Gasteiger partial charge >= 0.3 is 6.03 Å². The Hall–Kier alpha value is -3.12. The number of urea groups is 1. The smallest absolute Gasteiger partial charge is 0.331 e. The first-order valence-corrected chi connectivity index (χ1v) is 12.6. The molecule has 1 aliphatic carbocycles. The number of rotatable bonds is 6. The summed E-state index contributed by atoms with van der Waals surface area (Å²) in [4.78, 5) is 31.2. The van der Waals surface area contributed by atoms with Gasteiger partial charge in [0.1, 0.15) is 11.5 Å². The second-order valence-corrected chi connectivity index (χ2v) is 9.67. The van der Waals surface area contributed by atoms with Crippen molar-refractivity contribution in [3.05, 3.63) is 83.3 Å². The lowest BCUT2D eigenvalue weighted by atomic mass is 9.85. The summed E-state index contributed by atoms with van der Waals surface area (Å²) in [7, 11) is 0. The maximum absolute atomic E-state index is 13.6. The number of hydrogen-bond acceptors (Lipinski definition) is 3. The minimum absolute atomic E-state index is 0. The fourth-order valence-corrected chi connectivity index (χ4v) is 5.83. The number of nitrogens with one attached hydrogen (secondary N) is 1. The fraction of sp³-hybridized carbons (Fsp3) is 0.393. The van der Waals surface area contributed by atoms with Crippen molar-refractivity contribution < 1.29 is 4.79 Å². The van der Waals surface area contributed by atoms with E-state index in [0.29, 0.717) is 19.0 Å². The molecule has 1 saturated carbocycles. The van der Waals surface area contributed by atoms with Crippen molar-refractivity contribution in [3.8, 4) is 0 Å². The molecule has 3 heterocycles. The molecule has 1 unspecified atom stereocenters. The van der Waals surface area contributed by atoms with E-state index in [9.17, 15) is 4.79 Å². The molecule has 1 atom stereocenters. The number of imidazole rings is 1. The molecule has 0 radical (unpaired) electrons. The quantitative estimate of drug-likeness (QED) is 0.454. The summed E-state index contributed by atoms with van der Waals surface area (Å²) < 4.78 is 0. The van der Waals surface area contributed by atoms with Crippen LogP contribution in [0, 0.1) is 0 Å². The highest BCUT2D eigenvalue weighted by Crippen LogP contribution is 2.40. The van der Waals surface area contributed by atoms with Crippen molar-refractivity contribution in [2.45, 2.75) is 56.9 Å². The topological polar surface area (TPSA) is 64.6 Å². The van der Waals surface area contributed by atoms with Crippen molar-refractivity contribution in [2.24, 2.45) is 4.99 Å². The van der Waals surface area contributed by atoms with Crippen LogP contribution in [0.5, 0.6) is 0 Å². The number of aromatic amines is 1. The van der Waals surface area contributed by atoms with Crippen molar-refractivity contribution in [1.82, 2.24) is 14.9 Å². The third-order valence-electron chi connectivity index (χ3n) is 7.45. The zero-order chi connectivity index (χ0) is 23.1. The van der Waals surface area contributed by atoms with E-state index in [-0.39, 0.29) is 30.4 Å². The second kappa shape index (κ2) is 9.86. The van der Waals surface area contributed by atoms with E-state index in [0.717, 1.165) is 42.4 Å². The van der Waals surface area contributed by atoms with Crippen LogP contribution in [0.2, 0.25) is 0 Å². The van der Waals surface area contributed by atoms with Crippen LogP contribution in [0.1, 0.15) is 73.5 Å². The number of nitrogens with zero attached hydrogens (tertiary/aromatic N) is 4. The number of carbonyl (C=O) groups excluding carboxylic acids is 1. The van der Waals surface area contributed by atoms with Gasteiger partial charge in [-0.25, -0.2) is 9.78 Å². The summed E-state index contributed by atoms with van der Waals surface area (Å²) in [5.41, 5.74) is 3.35. The molecule has 1 fully saturated rings. The van der Waals surface area contributed by atoms with Gasteiger partial charge in [0.05, 0.1) is 12.6 Å². The number of fused-ring (bicyclic) bond motifs is 3. The van der Waals surface area contributed by atoms with Crippen molar-refractivity contribution in [3.63, 3.8) is 0 Å². The average Bonchev–Trinajstić information content (AvgIpc) is 3.63. The highest BCUT2D eigenvalue weighted by atomic mass is 35.5. The molecular formula is C28H32ClN5O. The Morgan fingerprint density at radius 2 is 1.63 bits per heavy atom. The third kappa shape index (κ3) is 4.14. The van der Waals surface area contributed by atoms with Crippen LogP contribution in [-0.4, -0.2) is 45.9 Å². The molecule has 3 aliphatic rings. The summed E-state index contributed by atoms with van der Waals surface area (Å²) in [6, 6.07) is 21.0. The summed E-state index contributed by atoms with van der Waals surface area (Å²) in [6.07, 6.45) is 5.71. The zero-order valence-corrected chi connectivity index (χ0v) is 20.9. The number of aromatic nitrogens is 2. The SMILES string of the molecule is CCCN1C(=O)N2CC(C(c3ccccc3)c3ccccc3)N=C2c2[nH]c(C3CCCC3)nc21.Cl. The van der Waals surface area contributed by atoms with E-state index in [1.807, 2.05) is 21.9 Å². The Kier molecular flexibility index (Phi) is 6.65. The van der Waals surface area contributed by atoms with Gasteiger partial charge in [-0.05, 0) is 30.4 Å². The molecule has 0 bridgehead atoms. The van der Waals surface area contributed by atoms with Gasteiger partial charge in [-0.1, -0.05) is 80.4 Å². The number of aliphatic imine (C=N–C) groups is 1. The molecule has 6 nitrogen and oxygen atoms in total. The number of carbonyl (C=O) groups is 1. The maximum atomic E-state index is 13.6. The molecule has 2 aliphatic heterocycles. The van der Waals surface area contributed by atoms with Crippen molar-refractivity contribution >= 4 is 30.1 Å². The van der Waals surface area contributed by atoms with Crippen LogP contribution in [0.15, 0.2) is 65.7 Å². The van der Waals surface area contributed by atoms with E-state index in [4.69, 9.17) is 9.98 Å². The maximum Gasteiger partial charge on any atom is 0.331 e. The summed E-state index contributed by atoms with van der Waals surface area (Å²) >= 11 is 0. The second-order valence-electron chi connectivity index (χ2n) is 9.67. The third-order valence-corrected chi connectivity index (χ3v) is 7.45. The van der Waals surface area contributed by atoms with Crippen LogP contribution < -0.4 is 4.90 Å². The molecule has 6 rings (SSSR count). The van der Waals surface area contributed by atoms with Gasteiger partial charge in [0.15, 0.2) is 11.7 Å². The first kappa shape index (κ1) is 23.6. The predicted molar refractivity (Wildman–Crippen MR) is 142 cm³/mol. The predicted octanol–water partition coefficient (Wildman–Crippen LogP) is 6.10. The van der Waals surface area contributed by atoms with Crippen LogP contribution in [-0.2, 0) is 0 Å². The molecule has 7 heteroatoms. The molecule has 1 aromatic heterocycles. The van der Waals surface area contributed by atoms with Crippen LogP contribution in [0.4, 0.5) is 10.6 Å². The molecule has 2 aromatic carbocycles. The van der Waals surface area contributed by atoms with Gasteiger partial charge in [0.2, 0.25) is 0 Å². The van der Waals surface area contributed by atoms with Crippen LogP contribution in [0.3, 0.4) is 0 Å². The number of halogens is 1. The standard InChI is InChI=1S/C28H31N5O.ClH/c1-2-17-32-27-24(30-25(31-27)21-15-9-10-16-21)26-29-22(18-33(26)28(32)34)23(19-11-5-3-6-12-19)20-13-7-4-8-14-20;/h3-8,11-14,21-23H,2,9-10,15-18H2,1H3,(H,30,31);1H. The normalized spacial score (nSPS) is 19.5. The first-order valence-electron chi connectivity index (χ1n) is 12.6. The molecule has 2 amide bonds. The zero-order valence-electron chi connectivity index (χ0n) is 20.1. The first-order chi connectivity index (χ1) is 16.7.